The Balaban J connectivity index is 1.40. The molecule has 470 valence electrons. The fraction of sp³-hybridized carbons (Fsp3) is 0.745. The van der Waals surface area contributed by atoms with Crippen molar-refractivity contribution >= 4 is 35.4 Å². The number of benzene rings is 1. The number of hydrogen-bond donors (Lipinski definition) is 3. The van der Waals surface area contributed by atoms with Crippen molar-refractivity contribution < 1.29 is 114 Å². The lowest BCUT2D eigenvalue weighted by molar-refractivity contribution is -0.140. The highest BCUT2D eigenvalue weighted by Crippen LogP contribution is 2.15. The van der Waals surface area contributed by atoms with Crippen LogP contribution in [-0.4, -0.2) is 283 Å². The minimum Gasteiger partial charge on any atom is -0.482 e. The van der Waals surface area contributed by atoms with Gasteiger partial charge in [-0.25, -0.2) is 4.79 Å². The highest BCUT2D eigenvalue weighted by molar-refractivity contribution is 6.13. The molecule has 0 fully saturated rings. The minimum atomic E-state index is -1.10. The first-order valence-electron chi connectivity index (χ1n) is 27.9. The number of amides is 4. The summed E-state index contributed by atoms with van der Waals surface area (Å²) in [7, 11) is 1.63. The number of nitrogens with zero attached hydrogens (tertiary/aromatic N) is 1. The number of ether oxygens (including phenoxy) is 17. The molecule has 1 aromatic carbocycles. The maximum Gasteiger partial charge on any atom is 0.341 e. The molecule has 27 heteroatoms. The molecule has 0 aliphatic carbocycles. The molecule has 0 bridgehead atoms. The van der Waals surface area contributed by atoms with Crippen LogP contribution in [0.1, 0.15) is 31.2 Å². The molecule has 0 aromatic heterocycles. The fourth-order valence-corrected chi connectivity index (χ4v) is 6.72. The summed E-state index contributed by atoms with van der Waals surface area (Å²) in [6.07, 6.45) is 3.20. The predicted molar refractivity (Wildman–Crippen MR) is 292 cm³/mol. The van der Waals surface area contributed by atoms with Crippen molar-refractivity contribution in [2.75, 3.05) is 232 Å². The lowest BCUT2D eigenvalue weighted by Crippen LogP contribution is -2.42. The van der Waals surface area contributed by atoms with Crippen LogP contribution in [0.4, 0.5) is 0 Å². The van der Waals surface area contributed by atoms with Crippen LogP contribution in [0.25, 0.3) is 0 Å². The summed E-state index contributed by atoms with van der Waals surface area (Å²) < 4.78 is 92.5. The zero-order chi connectivity index (χ0) is 59.0. The van der Waals surface area contributed by atoms with Crippen LogP contribution in [0.3, 0.4) is 0 Å². The number of aliphatic carboxylic acids is 1. The maximum atomic E-state index is 13.4. The number of methoxy groups -OCH3 is 1. The quantitative estimate of drug-likeness (QED) is 0.0581. The third-order valence-corrected chi connectivity index (χ3v) is 10.9. The van der Waals surface area contributed by atoms with E-state index in [1.807, 2.05) is 0 Å². The van der Waals surface area contributed by atoms with Gasteiger partial charge in [-0.15, -0.1) is 0 Å². The average Bonchev–Trinajstić information content (AvgIpc) is 3.90. The zero-order valence-corrected chi connectivity index (χ0v) is 47.9. The molecule has 0 saturated carbocycles. The largest absolute Gasteiger partial charge is 0.482 e. The van der Waals surface area contributed by atoms with Gasteiger partial charge in [0.25, 0.3) is 11.8 Å². The van der Waals surface area contributed by atoms with Crippen molar-refractivity contribution in [3.8, 4) is 5.75 Å². The molecule has 1 heterocycles. The number of Topliss-reactive ketones (excluding diaryl/α,β-unsaturated/α-hetero) is 1. The number of carbonyl (C=O) groups is 6. The molecule has 0 radical (unpaired) electrons. The topological polar surface area (TPSA) is 307 Å². The van der Waals surface area contributed by atoms with Crippen molar-refractivity contribution in [3.63, 3.8) is 0 Å². The lowest BCUT2D eigenvalue weighted by atomic mass is 9.99. The minimum absolute atomic E-state index is 0.0103. The van der Waals surface area contributed by atoms with E-state index in [1.165, 1.54) is 12.2 Å². The number of carboxylic acids is 1. The third kappa shape index (κ3) is 44.9. The summed E-state index contributed by atoms with van der Waals surface area (Å²) in [5, 5.41) is 14.4. The molecule has 1 aromatic rings. The molecule has 0 saturated heterocycles. The Labute approximate surface area is 481 Å². The van der Waals surface area contributed by atoms with E-state index in [0.29, 0.717) is 191 Å². The SMILES string of the molecule is COCCOCCOCCOCCOCCOCCOCCOCCOCCOCCOCCOCCCC(=O)C(Cc1ccc(OCC(=O)O)cc1)NC(=O)CCOCCOCCOCCOCCNC(=O)CCN1C(=O)C=CC1=O. The summed E-state index contributed by atoms with van der Waals surface area (Å²) in [6.45, 7) is 12.5. The van der Waals surface area contributed by atoms with Crippen LogP contribution < -0.4 is 15.4 Å². The zero-order valence-electron chi connectivity index (χ0n) is 47.9. The molecule has 1 unspecified atom stereocenters. The summed E-state index contributed by atoms with van der Waals surface area (Å²) in [6, 6.07) is 5.84. The van der Waals surface area contributed by atoms with E-state index in [2.05, 4.69) is 10.6 Å². The molecule has 1 aliphatic heterocycles. The van der Waals surface area contributed by atoms with Crippen LogP contribution in [-0.2, 0) is 111 Å². The molecule has 4 amide bonds. The molecule has 82 heavy (non-hydrogen) atoms. The van der Waals surface area contributed by atoms with Gasteiger partial charge in [-0.05, 0) is 30.5 Å². The van der Waals surface area contributed by atoms with Gasteiger partial charge in [-0.1, -0.05) is 12.1 Å². The first-order valence-corrected chi connectivity index (χ1v) is 27.9. The van der Waals surface area contributed by atoms with Crippen molar-refractivity contribution in [1.29, 1.82) is 0 Å². The first-order chi connectivity index (χ1) is 40.2. The van der Waals surface area contributed by atoms with Gasteiger partial charge in [-0.2, -0.15) is 0 Å². The van der Waals surface area contributed by atoms with Gasteiger partial charge < -0.3 is 96.3 Å². The van der Waals surface area contributed by atoms with E-state index in [0.717, 1.165) is 10.5 Å². The Hall–Kier alpha value is -4.66. The van der Waals surface area contributed by atoms with Crippen LogP contribution in [0.2, 0.25) is 0 Å². The van der Waals surface area contributed by atoms with Crippen LogP contribution in [0, 0.1) is 0 Å². The van der Waals surface area contributed by atoms with Crippen molar-refractivity contribution in [2.45, 2.75) is 38.1 Å². The second-order valence-electron chi connectivity index (χ2n) is 17.4. The van der Waals surface area contributed by atoms with E-state index in [1.54, 1.807) is 31.4 Å². The normalized spacial score (nSPS) is 12.6. The van der Waals surface area contributed by atoms with Crippen molar-refractivity contribution in [3.05, 3.63) is 42.0 Å². The Morgan fingerprint density at radius 3 is 1.21 bits per heavy atom. The van der Waals surface area contributed by atoms with Crippen molar-refractivity contribution in [2.24, 2.45) is 0 Å². The highest BCUT2D eigenvalue weighted by atomic mass is 16.6. The lowest BCUT2D eigenvalue weighted by Gasteiger charge is -2.18. The predicted octanol–water partition coefficient (Wildman–Crippen LogP) is 0.243. The third-order valence-electron chi connectivity index (χ3n) is 10.9. The van der Waals surface area contributed by atoms with E-state index in [-0.39, 0.29) is 82.8 Å². The van der Waals surface area contributed by atoms with E-state index in [9.17, 15) is 28.8 Å². The fourth-order valence-electron chi connectivity index (χ4n) is 6.72. The summed E-state index contributed by atoms with van der Waals surface area (Å²) in [5.41, 5.74) is 0.746. The number of carboxylic acid groups (broad SMARTS) is 1. The van der Waals surface area contributed by atoms with Crippen molar-refractivity contribution in [1.82, 2.24) is 15.5 Å². The Kier molecular flexibility index (Phi) is 48.6. The Bertz CT molecular complexity index is 1780. The molecule has 2 rings (SSSR count). The standard InChI is InChI=1S/C55H91N3O24/c1-66-17-18-70-25-26-74-31-32-76-35-36-78-39-40-80-43-44-81-42-41-79-38-37-77-34-33-75-30-27-71-22-19-67-14-2-3-50(59)49(45-47-4-6-48(7-5-47)82-46-55(64)65)57-52(61)11-15-68-20-23-72-28-29-73-24-21-69-16-12-56-51(60)10-13-58-53(62)8-9-54(58)63/h4-9,49H,2-3,10-46H2,1H3,(H,56,60)(H,57,61)(H,64,65). The Morgan fingerprint density at radius 1 is 0.451 bits per heavy atom. The van der Waals surface area contributed by atoms with Crippen LogP contribution >= 0.6 is 0 Å². The number of hydrogen-bond acceptors (Lipinski definition) is 23. The molecule has 3 N–H and O–H groups in total. The highest BCUT2D eigenvalue weighted by Gasteiger charge is 2.24. The number of nitrogens with one attached hydrogen (secondary N) is 2. The molecular formula is C55H91N3O24. The monoisotopic (exact) mass is 1180 g/mol. The van der Waals surface area contributed by atoms with E-state index >= 15 is 0 Å². The molecule has 27 nitrogen and oxygen atoms in total. The molecule has 1 aliphatic rings. The number of imide groups is 1. The number of carbonyl (C=O) groups excluding carboxylic acids is 5. The van der Waals surface area contributed by atoms with Gasteiger partial charge in [0, 0.05) is 58.2 Å². The van der Waals surface area contributed by atoms with Gasteiger partial charge in [0.05, 0.1) is 204 Å². The van der Waals surface area contributed by atoms with E-state index in [4.69, 9.17) is 85.6 Å². The molecule has 1 atom stereocenters. The second kappa shape index (κ2) is 54.3. The summed E-state index contributed by atoms with van der Waals surface area (Å²) in [4.78, 5) is 73.2. The summed E-state index contributed by atoms with van der Waals surface area (Å²) in [5.74, 6) is -2.41. The van der Waals surface area contributed by atoms with E-state index < -0.39 is 30.4 Å². The van der Waals surface area contributed by atoms with Crippen LogP contribution in [0.15, 0.2) is 36.4 Å². The Morgan fingerprint density at radius 2 is 0.817 bits per heavy atom. The van der Waals surface area contributed by atoms with Gasteiger partial charge in [0.1, 0.15) is 5.75 Å². The smallest absolute Gasteiger partial charge is 0.341 e. The average molecular weight is 1180 g/mol. The molecular weight excluding hydrogens is 1090 g/mol. The second-order valence-corrected chi connectivity index (χ2v) is 17.4. The van der Waals surface area contributed by atoms with Gasteiger partial charge in [-0.3, -0.25) is 28.9 Å². The number of ketones is 1. The molecule has 0 spiro atoms. The summed E-state index contributed by atoms with van der Waals surface area (Å²) >= 11 is 0. The van der Waals surface area contributed by atoms with Crippen LogP contribution in [0.5, 0.6) is 5.75 Å². The van der Waals surface area contributed by atoms with Gasteiger partial charge >= 0.3 is 5.97 Å². The number of rotatable bonds is 62. The van der Waals surface area contributed by atoms with Gasteiger partial charge in [0.15, 0.2) is 12.4 Å². The first kappa shape index (κ1) is 73.4. The van der Waals surface area contributed by atoms with Gasteiger partial charge in [0.2, 0.25) is 11.8 Å². The maximum absolute atomic E-state index is 13.4.